The fourth-order valence-electron chi connectivity index (χ4n) is 2.36. The highest BCUT2D eigenvalue weighted by Crippen LogP contribution is 2.23. The van der Waals surface area contributed by atoms with Gasteiger partial charge in [0.05, 0.1) is 26.2 Å². The number of H-pyrrole nitrogens is 1. The molecule has 0 radical (unpaired) electrons. The van der Waals surface area contributed by atoms with E-state index in [0.717, 1.165) is 0 Å². The average Bonchev–Trinajstić information content (AvgIpc) is 2.89. The minimum absolute atomic E-state index is 0.0389. The molecule has 0 amide bonds. The monoisotopic (exact) mass is 352 g/mol. The number of aromatic amines is 1. The van der Waals surface area contributed by atoms with Crippen LogP contribution in [0.1, 0.15) is 47.6 Å². The number of hydrogen-bond donors (Lipinski definition) is 2. The molecule has 0 unspecified atom stereocenters. The molecule has 1 heterocycles. The zero-order valence-electron chi connectivity index (χ0n) is 14.1. The van der Waals surface area contributed by atoms with Crippen LogP contribution in [-0.4, -0.2) is 41.2 Å². The van der Waals surface area contributed by atoms with Crippen LogP contribution in [0.5, 0.6) is 0 Å². The molecule has 0 atom stereocenters. The molecular weight excluding hydrogens is 332 g/mol. The van der Waals surface area contributed by atoms with Gasteiger partial charge in [0.15, 0.2) is 0 Å². The number of carbonyl (C=O) groups is 3. The predicted molar refractivity (Wildman–Crippen MR) is 85.9 cm³/mol. The van der Waals surface area contributed by atoms with Crippen LogP contribution >= 0.6 is 0 Å². The van der Waals surface area contributed by atoms with Crippen LogP contribution in [0, 0.1) is 0 Å². The van der Waals surface area contributed by atoms with Crippen LogP contribution in [0.2, 0.25) is 0 Å². The van der Waals surface area contributed by atoms with E-state index >= 15 is 0 Å². The molecule has 25 heavy (non-hydrogen) atoms. The highest BCUT2D eigenvalue weighted by molar-refractivity contribution is 5.89. The lowest BCUT2D eigenvalue weighted by atomic mass is 10.0. The quantitative estimate of drug-likeness (QED) is 0.284. The van der Waals surface area contributed by atoms with Gasteiger partial charge in [0.25, 0.3) is 0 Å². The molecule has 1 aromatic heterocycles. The number of aromatic carboxylic acids is 1. The number of nitrogens with zero attached hydrogens (tertiary/aromatic N) is 3. The first-order chi connectivity index (χ1) is 11.9. The van der Waals surface area contributed by atoms with Gasteiger partial charge < -0.3 is 19.6 Å². The molecule has 0 saturated heterocycles. The molecule has 2 N–H and O–H groups in total. The Bertz CT molecular complexity index is 690. The van der Waals surface area contributed by atoms with Gasteiger partial charge in [0.1, 0.15) is 5.69 Å². The van der Waals surface area contributed by atoms with Crippen molar-refractivity contribution in [2.75, 3.05) is 13.2 Å². The summed E-state index contributed by atoms with van der Waals surface area (Å²) in [5.41, 5.74) is 9.31. The zero-order chi connectivity index (χ0) is 18.8. The van der Waals surface area contributed by atoms with Crippen molar-refractivity contribution >= 4 is 17.9 Å². The van der Waals surface area contributed by atoms with Gasteiger partial charge in [0.2, 0.25) is 0 Å². The number of aromatic nitrogens is 1. The van der Waals surface area contributed by atoms with Gasteiger partial charge in [-0.25, -0.2) is 4.79 Å². The van der Waals surface area contributed by atoms with E-state index in [9.17, 15) is 19.5 Å². The Morgan fingerprint density at radius 3 is 2.36 bits per heavy atom. The zero-order valence-corrected chi connectivity index (χ0v) is 14.1. The van der Waals surface area contributed by atoms with Crippen LogP contribution in [0.3, 0.4) is 0 Å². The van der Waals surface area contributed by atoms with Gasteiger partial charge in [-0.1, -0.05) is 5.11 Å². The number of hydrogen-bond acceptors (Lipinski definition) is 6. The fourth-order valence-corrected chi connectivity index (χ4v) is 2.36. The molecule has 0 aromatic carbocycles. The Morgan fingerprint density at radius 2 is 1.80 bits per heavy atom. The number of azide groups is 1. The van der Waals surface area contributed by atoms with Crippen LogP contribution in [0.25, 0.3) is 10.4 Å². The van der Waals surface area contributed by atoms with Gasteiger partial charge >= 0.3 is 17.9 Å². The van der Waals surface area contributed by atoms with Crippen LogP contribution < -0.4 is 0 Å². The second-order valence-electron chi connectivity index (χ2n) is 4.92. The van der Waals surface area contributed by atoms with Crippen LogP contribution in [0.15, 0.2) is 5.11 Å². The number of carboxylic acids is 1. The van der Waals surface area contributed by atoms with Crippen molar-refractivity contribution in [2.45, 2.75) is 39.7 Å². The third kappa shape index (κ3) is 5.85. The maximum absolute atomic E-state index is 11.8. The smallest absolute Gasteiger partial charge is 0.352 e. The molecule has 0 bridgehead atoms. The fraction of sp³-hybridized carbons (Fsp3) is 0.533. The highest BCUT2D eigenvalue weighted by Gasteiger charge is 2.24. The number of ether oxygens (including phenoxy) is 2. The summed E-state index contributed by atoms with van der Waals surface area (Å²) in [7, 11) is 0. The predicted octanol–water partition coefficient (Wildman–Crippen LogP) is 2.12. The Labute approximate surface area is 143 Å². The number of carboxylic acid groups (broad SMARTS) is 1. The van der Waals surface area contributed by atoms with Crippen molar-refractivity contribution < 1.29 is 29.0 Å². The van der Waals surface area contributed by atoms with Crippen LogP contribution in [0.4, 0.5) is 0 Å². The summed E-state index contributed by atoms with van der Waals surface area (Å²) in [5, 5.41) is 12.8. The van der Waals surface area contributed by atoms with Gasteiger partial charge in [0, 0.05) is 17.0 Å². The lowest BCUT2D eigenvalue weighted by Crippen LogP contribution is -2.12. The first kappa shape index (κ1) is 20.0. The summed E-state index contributed by atoms with van der Waals surface area (Å²) in [6, 6.07) is 0. The summed E-state index contributed by atoms with van der Waals surface area (Å²) in [5.74, 6) is -2.26. The molecule has 10 nitrogen and oxygen atoms in total. The van der Waals surface area contributed by atoms with Gasteiger partial charge in [-0.05, 0) is 36.9 Å². The maximum atomic E-state index is 11.8. The third-order valence-corrected chi connectivity index (χ3v) is 3.32. The third-order valence-electron chi connectivity index (χ3n) is 3.32. The number of carbonyl (C=O) groups excluding carboxylic acids is 2. The standard InChI is InChI=1S/C15H20N4O6/c1-3-24-12(20)6-5-9-10(7-13(21)25-4-2)11(8-17-19-16)18-14(9)15(22)23/h18H,3-8H2,1-2H3,(H,22,23). The first-order valence-electron chi connectivity index (χ1n) is 7.72. The van der Waals surface area contributed by atoms with Crippen LogP contribution in [-0.2, 0) is 38.4 Å². The van der Waals surface area contributed by atoms with E-state index in [1.807, 2.05) is 0 Å². The minimum Gasteiger partial charge on any atom is -0.477 e. The lowest BCUT2D eigenvalue weighted by Gasteiger charge is -2.07. The van der Waals surface area contributed by atoms with Crippen molar-refractivity contribution in [1.29, 1.82) is 0 Å². The summed E-state index contributed by atoms with van der Waals surface area (Å²) < 4.78 is 9.74. The normalized spacial score (nSPS) is 10.0. The van der Waals surface area contributed by atoms with E-state index in [2.05, 4.69) is 15.0 Å². The molecule has 1 aromatic rings. The second kappa shape index (κ2) is 9.99. The van der Waals surface area contributed by atoms with Gasteiger partial charge in [-0.3, -0.25) is 9.59 Å². The summed E-state index contributed by atoms with van der Waals surface area (Å²) in [6.45, 7) is 3.57. The topological polar surface area (TPSA) is 154 Å². The Balaban J connectivity index is 3.23. The molecule has 136 valence electrons. The molecule has 1 rings (SSSR count). The second-order valence-corrected chi connectivity index (χ2v) is 4.92. The number of rotatable bonds is 10. The van der Waals surface area contributed by atoms with Crippen molar-refractivity contribution in [3.05, 3.63) is 33.0 Å². The average molecular weight is 352 g/mol. The van der Waals surface area contributed by atoms with E-state index in [0.29, 0.717) is 16.8 Å². The minimum atomic E-state index is -1.24. The summed E-state index contributed by atoms with van der Waals surface area (Å²) in [6.07, 6.45) is -0.156. The molecule has 0 fully saturated rings. The van der Waals surface area contributed by atoms with E-state index in [1.165, 1.54) is 0 Å². The molecule has 0 aliphatic heterocycles. The van der Waals surface area contributed by atoms with Crippen molar-refractivity contribution in [1.82, 2.24) is 4.98 Å². The van der Waals surface area contributed by atoms with E-state index in [4.69, 9.17) is 15.0 Å². The Kier molecular flexibility index (Phi) is 8.01. The maximum Gasteiger partial charge on any atom is 0.352 e. The molecule has 0 spiro atoms. The SMILES string of the molecule is CCOC(=O)CCc1c(C(=O)O)[nH]c(CN=[N+]=[N-])c1CC(=O)OCC. The van der Waals surface area contributed by atoms with Crippen molar-refractivity contribution in [3.63, 3.8) is 0 Å². The van der Waals surface area contributed by atoms with Gasteiger partial charge in [-0.2, -0.15) is 0 Å². The van der Waals surface area contributed by atoms with Crippen molar-refractivity contribution in [3.8, 4) is 0 Å². The highest BCUT2D eigenvalue weighted by atomic mass is 16.5. The first-order valence-corrected chi connectivity index (χ1v) is 7.72. The number of nitrogens with one attached hydrogen (secondary N) is 1. The number of esters is 2. The lowest BCUT2D eigenvalue weighted by molar-refractivity contribution is -0.143. The summed E-state index contributed by atoms with van der Waals surface area (Å²) in [4.78, 5) is 40.2. The Morgan fingerprint density at radius 1 is 1.16 bits per heavy atom. The van der Waals surface area contributed by atoms with E-state index in [1.54, 1.807) is 13.8 Å². The summed E-state index contributed by atoms with van der Waals surface area (Å²) >= 11 is 0. The van der Waals surface area contributed by atoms with Gasteiger partial charge in [-0.15, -0.1) is 0 Å². The largest absolute Gasteiger partial charge is 0.477 e. The molecule has 0 aliphatic rings. The molecule has 10 heteroatoms. The Hall–Kier alpha value is -3.00. The molecule has 0 saturated carbocycles. The van der Waals surface area contributed by atoms with E-state index < -0.39 is 17.9 Å². The molecule has 0 aliphatic carbocycles. The molecular formula is C15H20N4O6. The van der Waals surface area contributed by atoms with Crippen molar-refractivity contribution in [2.24, 2.45) is 5.11 Å². The van der Waals surface area contributed by atoms with E-state index in [-0.39, 0.29) is 44.7 Å².